The van der Waals surface area contributed by atoms with E-state index < -0.39 is 5.91 Å². The van der Waals surface area contributed by atoms with E-state index >= 15 is 0 Å². The number of nitrogens with zero attached hydrogens (tertiary/aromatic N) is 4. The number of anilines is 1. The fourth-order valence-electron chi connectivity index (χ4n) is 3.17. The first-order valence-electron chi connectivity index (χ1n) is 9.63. The van der Waals surface area contributed by atoms with E-state index in [1.165, 1.54) is 4.90 Å². The van der Waals surface area contributed by atoms with Crippen molar-refractivity contribution in [2.75, 3.05) is 18.9 Å². The average Bonchev–Trinajstić information content (AvgIpc) is 3.06. The molecule has 7 nitrogen and oxygen atoms in total. The summed E-state index contributed by atoms with van der Waals surface area (Å²) in [5, 5.41) is 7.47. The van der Waals surface area contributed by atoms with Crippen LogP contribution in [0, 0.1) is 13.8 Å². The van der Waals surface area contributed by atoms with Gasteiger partial charge in [-0.1, -0.05) is 36.7 Å². The van der Waals surface area contributed by atoms with Gasteiger partial charge in [0.05, 0.1) is 17.3 Å². The third-order valence-corrected chi connectivity index (χ3v) is 4.97. The minimum atomic E-state index is -0.442. The van der Waals surface area contributed by atoms with Crippen molar-refractivity contribution in [3.63, 3.8) is 0 Å². The van der Waals surface area contributed by atoms with Gasteiger partial charge in [-0.05, 0) is 50.1 Å². The molecule has 3 rings (SSSR count). The SMILES string of the molecule is CCc1ccccc1NC(=O)CN(C)C(=O)c1nc(-n2nc(C)cc2C)ccc1Cl. The Balaban J connectivity index is 1.76. The van der Waals surface area contributed by atoms with Crippen LogP contribution >= 0.6 is 11.6 Å². The van der Waals surface area contributed by atoms with Crippen LogP contribution < -0.4 is 5.32 Å². The smallest absolute Gasteiger partial charge is 0.274 e. The van der Waals surface area contributed by atoms with Crippen LogP contribution in [-0.4, -0.2) is 45.1 Å². The lowest BCUT2D eigenvalue weighted by Gasteiger charge is -2.18. The summed E-state index contributed by atoms with van der Waals surface area (Å²) in [6.07, 6.45) is 0.795. The molecule has 30 heavy (non-hydrogen) atoms. The number of aryl methyl sites for hydroxylation is 3. The first kappa shape index (κ1) is 21.5. The summed E-state index contributed by atoms with van der Waals surface area (Å²) in [6.45, 7) is 5.68. The zero-order valence-corrected chi connectivity index (χ0v) is 18.2. The molecule has 1 aromatic carbocycles. The van der Waals surface area contributed by atoms with E-state index in [9.17, 15) is 9.59 Å². The molecule has 0 saturated carbocycles. The maximum absolute atomic E-state index is 12.9. The van der Waals surface area contributed by atoms with Gasteiger partial charge in [-0.2, -0.15) is 5.10 Å². The zero-order valence-electron chi connectivity index (χ0n) is 17.4. The highest BCUT2D eigenvalue weighted by Crippen LogP contribution is 2.19. The second-order valence-electron chi connectivity index (χ2n) is 7.06. The summed E-state index contributed by atoms with van der Waals surface area (Å²) in [7, 11) is 1.54. The summed E-state index contributed by atoms with van der Waals surface area (Å²) < 4.78 is 1.65. The Labute approximate surface area is 180 Å². The van der Waals surface area contributed by atoms with Crippen molar-refractivity contribution < 1.29 is 9.59 Å². The Kier molecular flexibility index (Phi) is 6.52. The molecular weight excluding hydrogens is 402 g/mol. The third kappa shape index (κ3) is 4.68. The number of hydrogen-bond acceptors (Lipinski definition) is 4. The second kappa shape index (κ2) is 9.09. The van der Waals surface area contributed by atoms with E-state index in [4.69, 9.17) is 11.6 Å². The van der Waals surface area contributed by atoms with Gasteiger partial charge in [0.1, 0.15) is 5.69 Å². The molecule has 0 saturated heterocycles. The van der Waals surface area contributed by atoms with Crippen LogP contribution in [0.5, 0.6) is 0 Å². The first-order valence-corrected chi connectivity index (χ1v) is 10.0. The number of pyridine rings is 1. The van der Waals surface area contributed by atoms with Gasteiger partial charge in [0.15, 0.2) is 5.82 Å². The standard InChI is InChI=1S/C22H24ClN5O2/c1-5-16-8-6-7-9-18(16)24-20(29)13-27(4)22(30)21-17(23)10-11-19(25-21)28-15(3)12-14(2)26-28/h6-12H,5,13H2,1-4H3,(H,24,29). The number of carbonyl (C=O) groups excluding carboxylic acids is 2. The van der Waals surface area contributed by atoms with Crippen molar-refractivity contribution in [3.05, 3.63) is 70.1 Å². The molecule has 0 radical (unpaired) electrons. The molecule has 0 aliphatic heterocycles. The first-order chi connectivity index (χ1) is 14.3. The molecular formula is C22H24ClN5O2. The van der Waals surface area contributed by atoms with Crippen molar-refractivity contribution >= 4 is 29.1 Å². The summed E-state index contributed by atoms with van der Waals surface area (Å²) in [5.41, 5.74) is 3.59. The van der Waals surface area contributed by atoms with Gasteiger partial charge in [-0.25, -0.2) is 9.67 Å². The summed E-state index contributed by atoms with van der Waals surface area (Å²) in [6, 6.07) is 12.8. The van der Waals surface area contributed by atoms with Gasteiger partial charge >= 0.3 is 0 Å². The molecule has 0 spiro atoms. The highest BCUT2D eigenvalue weighted by molar-refractivity contribution is 6.33. The molecule has 3 aromatic rings. The zero-order chi connectivity index (χ0) is 21.8. The number of rotatable bonds is 6. The van der Waals surface area contributed by atoms with E-state index in [-0.39, 0.29) is 23.2 Å². The largest absolute Gasteiger partial charge is 0.331 e. The van der Waals surface area contributed by atoms with Crippen LogP contribution in [0.25, 0.3) is 5.82 Å². The maximum Gasteiger partial charge on any atom is 0.274 e. The van der Waals surface area contributed by atoms with Crippen LogP contribution in [0.3, 0.4) is 0 Å². The Bertz CT molecular complexity index is 1090. The van der Waals surface area contributed by atoms with Gasteiger partial charge < -0.3 is 10.2 Å². The van der Waals surface area contributed by atoms with Crippen molar-refractivity contribution in [2.45, 2.75) is 27.2 Å². The number of nitrogens with one attached hydrogen (secondary N) is 1. The molecule has 0 bridgehead atoms. The fourth-order valence-corrected chi connectivity index (χ4v) is 3.35. The van der Waals surface area contributed by atoms with E-state index in [2.05, 4.69) is 15.4 Å². The molecule has 0 aliphatic carbocycles. The predicted octanol–water partition coefficient (Wildman–Crippen LogP) is 3.81. The van der Waals surface area contributed by atoms with Gasteiger partial charge in [0.2, 0.25) is 5.91 Å². The highest BCUT2D eigenvalue weighted by atomic mass is 35.5. The molecule has 2 aromatic heterocycles. The molecule has 0 aliphatic rings. The number of amides is 2. The predicted molar refractivity (Wildman–Crippen MR) is 117 cm³/mol. The lowest BCUT2D eigenvalue weighted by Crippen LogP contribution is -2.35. The molecule has 8 heteroatoms. The van der Waals surface area contributed by atoms with Crippen molar-refractivity contribution in [1.29, 1.82) is 0 Å². The molecule has 0 fully saturated rings. The van der Waals surface area contributed by atoms with Crippen LogP contribution in [-0.2, 0) is 11.2 Å². The molecule has 0 unspecified atom stereocenters. The van der Waals surface area contributed by atoms with Crippen LogP contribution in [0.1, 0.15) is 34.4 Å². The quantitative estimate of drug-likeness (QED) is 0.651. The lowest BCUT2D eigenvalue weighted by molar-refractivity contribution is -0.116. The summed E-state index contributed by atoms with van der Waals surface area (Å²) >= 11 is 6.23. The van der Waals surface area contributed by atoms with E-state index in [1.54, 1.807) is 23.9 Å². The van der Waals surface area contributed by atoms with Crippen molar-refractivity contribution in [3.8, 4) is 5.82 Å². The highest BCUT2D eigenvalue weighted by Gasteiger charge is 2.21. The van der Waals surface area contributed by atoms with Crippen LogP contribution in [0.2, 0.25) is 5.02 Å². The Morgan fingerprint density at radius 2 is 1.90 bits per heavy atom. The monoisotopic (exact) mass is 425 g/mol. The Morgan fingerprint density at radius 3 is 2.57 bits per heavy atom. The van der Waals surface area contributed by atoms with Crippen molar-refractivity contribution in [2.24, 2.45) is 0 Å². The fraction of sp³-hybridized carbons (Fsp3) is 0.273. The average molecular weight is 426 g/mol. The van der Waals surface area contributed by atoms with Gasteiger partial charge in [-0.3, -0.25) is 9.59 Å². The van der Waals surface area contributed by atoms with Crippen LogP contribution in [0.15, 0.2) is 42.5 Å². The van der Waals surface area contributed by atoms with Crippen LogP contribution in [0.4, 0.5) is 5.69 Å². The van der Waals surface area contributed by atoms with Gasteiger partial charge in [0.25, 0.3) is 5.91 Å². The van der Waals surface area contributed by atoms with E-state index in [1.807, 2.05) is 51.1 Å². The van der Waals surface area contributed by atoms with Crippen molar-refractivity contribution in [1.82, 2.24) is 19.7 Å². The van der Waals surface area contributed by atoms with E-state index in [0.717, 1.165) is 29.1 Å². The summed E-state index contributed by atoms with van der Waals surface area (Å²) in [5.74, 6) is -0.247. The number of para-hydroxylation sites is 1. The van der Waals surface area contributed by atoms with E-state index in [0.29, 0.717) is 5.82 Å². The van der Waals surface area contributed by atoms with Gasteiger partial charge in [0, 0.05) is 18.4 Å². The number of hydrogen-bond donors (Lipinski definition) is 1. The lowest BCUT2D eigenvalue weighted by atomic mass is 10.1. The third-order valence-electron chi connectivity index (χ3n) is 4.66. The minimum absolute atomic E-state index is 0.0750. The maximum atomic E-state index is 12.9. The number of halogens is 1. The normalized spacial score (nSPS) is 10.7. The number of likely N-dealkylation sites (N-methyl/N-ethyl adjacent to an activating group) is 1. The molecule has 2 amide bonds. The Morgan fingerprint density at radius 1 is 1.17 bits per heavy atom. The number of aromatic nitrogens is 3. The topological polar surface area (TPSA) is 80.1 Å². The second-order valence-corrected chi connectivity index (χ2v) is 7.47. The minimum Gasteiger partial charge on any atom is -0.331 e. The molecule has 2 heterocycles. The van der Waals surface area contributed by atoms with Gasteiger partial charge in [-0.15, -0.1) is 0 Å². The Hall–Kier alpha value is -3.19. The summed E-state index contributed by atoms with van der Waals surface area (Å²) in [4.78, 5) is 31.1. The number of benzene rings is 1. The number of carbonyl (C=O) groups is 2. The molecule has 1 N–H and O–H groups in total. The molecule has 0 atom stereocenters. The molecule has 156 valence electrons.